The van der Waals surface area contributed by atoms with Crippen molar-refractivity contribution < 1.29 is 23.7 Å². The molecule has 0 fully saturated rings. The molecule has 2 aromatic carbocycles. The van der Waals surface area contributed by atoms with E-state index in [9.17, 15) is 4.79 Å². The van der Waals surface area contributed by atoms with Crippen molar-refractivity contribution in [1.82, 2.24) is 9.97 Å². The van der Waals surface area contributed by atoms with Crippen LogP contribution < -0.4 is 24.3 Å². The molecule has 8 nitrogen and oxygen atoms in total. The van der Waals surface area contributed by atoms with Crippen molar-refractivity contribution in [3.8, 4) is 34.5 Å². The van der Waals surface area contributed by atoms with E-state index in [0.717, 1.165) is 17.7 Å². The van der Waals surface area contributed by atoms with E-state index >= 15 is 0 Å². The number of ether oxygens (including phenoxy) is 4. The van der Waals surface area contributed by atoms with Crippen LogP contribution in [0.4, 0.5) is 5.69 Å². The number of carbonyl (C=O) groups excluding carboxylic acids is 1. The normalized spacial score (nSPS) is 10.3. The van der Waals surface area contributed by atoms with Gasteiger partial charge in [-0.1, -0.05) is 37.3 Å². The van der Waals surface area contributed by atoms with Gasteiger partial charge in [-0.2, -0.15) is 4.98 Å². The molecule has 0 atom stereocenters. The van der Waals surface area contributed by atoms with Crippen molar-refractivity contribution >= 4 is 11.6 Å². The third kappa shape index (κ3) is 5.42. The number of carbonyl (C=O) groups is 1. The van der Waals surface area contributed by atoms with Crippen LogP contribution in [0.15, 0.2) is 48.5 Å². The highest BCUT2D eigenvalue weighted by molar-refractivity contribution is 5.92. The van der Waals surface area contributed by atoms with Crippen LogP contribution in [-0.2, 0) is 11.2 Å². The van der Waals surface area contributed by atoms with Crippen LogP contribution in [0.1, 0.15) is 12.6 Å². The lowest BCUT2D eigenvalue weighted by atomic mass is 10.2. The number of aryl methyl sites for hydroxylation is 1. The summed E-state index contributed by atoms with van der Waals surface area (Å²) in [6, 6.07) is 14.6. The maximum atomic E-state index is 12.5. The summed E-state index contributed by atoms with van der Waals surface area (Å²) in [5.74, 6) is 1.86. The average Bonchev–Trinajstić information content (AvgIpc) is 2.82. The van der Waals surface area contributed by atoms with Gasteiger partial charge in [0.25, 0.3) is 5.91 Å². The van der Waals surface area contributed by atoms with E-state index in [4.69, 9.17) is 18.9 Å². The number of benzene rings is 2. The third-order valence-corrected chi connectivity index (χ3v) is 4.45. The van der Waals surface area contributed by atoms with Gasteiger partial charge in [0.1, 0.15) is 0 Å². The zero-order valence-corrected chi connectivity index (χ0v) is 18.0. The number of hydrogen-bond donors (Lipinski definition) is 1. The topological polar surface area (TPSA) is 91.8 Å². The zero-order chi connectivity index (χ0) is 22.2. The first kappa shape index (κ1) is 21.9. The van der Waals surface area contributed by atoms with Crippen molar-refractivity contribution in [2.24, 2.45) is 0 Å². The first-order valence-electron chi connectivity index (χ1n) is 9.74. The number of methoxy groups -OCH3 is 3. The van der Waals surface area contributed by atoms with E-state index in [1.54, 1.807) is 18.2 Å². The lowest BCUT2D eigenvalue weighted by Gasteiger charge is -2.15. The van der Waals surface area contributed by atoms with Gasteiger partial charge in [0, 0.05) is 35.1 Å². The van der Waals surface area contributed by atoms with Crippen LogP contribution in [0.5, 0.6) is 23.1 Å². The summed E-state index contributed by atoms with van der Waals surface area (Å²) in [6.07, 6.45) is 0.719. The van der Waals surface area contributed by atoms with Crippen LogP contribution in [0, 0.1) is 0 Å². The molecule has 3 aromatic rings. The molecule has 1 heterocycles. The van der Waals surface area contributed by atoms with Gasteiger partial charge in [0.2, 0.25) is 11.6 Å². The molecule has 162 valence electrons. The Balaban J connectivity index is 1.73. The lowest BCUT2D eigenvalue weighted by molar-refractivity contribution is -0.118. The highest BCUT2D eigenvalue weighted by Crippen LogP contribution is 2.39. The van der Waals surface area contributed by atoms with E-state index < -0.39 is 0 Å². The Kier molecular flexibility index (Phi) is 7.26. The number of anilines is 1. The summed E-state index contributed by atoms with van der Waals surface area (Å²) in [6.45, 7) is 1.78. The van der Waals surface area contributed by atoms with Gasteiger partial charge in [-0.25, -0.2) is 4.98 Å². The van der Waals surface area contributed by atoms with Gasteiger partial charge < -0.3 is 24.3 Å². The number of aromatic nitrogens is 2. The summed E-state index contributed by atoms with van der Waals surface area (Å²) in [5, 5.41) is 2.76. The van der Waals surface area contributed by atoms with Gasteiger partial charge in [-0.15, -0.1) is 0 Å². The maximum Gasteiger partial charge on any atom is 0.262 e. The second-order valence-corrected chi connectivity index (χ2v) is 6.49. The van der Waals surface area contributed by atoms with E-state index in [0.29, 0.717) is 34.6 Å². The predicted octanol–water partition coefficient (Wildman–Crippen LogP) is 3.75. The Hall–Kier alpha value is -3.81. The number of rotatable bonds is 9. The molecule has 1 N–H and O–H groups in total. The number of nitrogens with one attached hydrogen (secondary N) is 1. The first-order valence-corrected chi connectivity index (χ1v) is 9.74. The molecule has 8 heteroatoms. The smallest absolute Gasteiger partial charge is 0.262 e. The van der Waals surface area contributed by atoms with Crippen LogP contribution in [0.3, 0.4) is 0 Å². The molecule has 1 aromatic heterocycles. The van der Waals surface area contributed by atoms with Crippen molar-refractivity contribution in [2.75, 3.05) is 33.3 Å². The fourth-order valence-electron chi connectivity index (χ4n) is 2.93. The lowest BCUT2D eigenvalue weighted by Crippen LogP contribution is -2.20. The molecular formula is C23H25N3O5. The summed E-state index contributed by atoms with van der Waals surface area (Å²) in [4.78, 5) is 21.4. The Morgan fingerprint density at radius 2 is 1.61 bits per heavy atom. The molecule has 0 saturated heterocycles. The van der Waals surface area contributed by atoms with Gasteiger partial charge in [-0.05, 0) is 6.42 Å². The predicted molar refractivity (Wildman–Crippen MR) is 117 cm³/mol. The van der Waals surface area contributed by atoms with Crippen LogP contribution in [0.25, 0.3) is 11.4 Å². The molecule has 31 heavy (non-hydrogen) atoms. The Morgan fingerprint density at radius 1 is 0.935 bits per heavy atom. The van der Waals surface area contributed by atoms with Crippen LogP contribution in [-0.4, -0.2) is 43.8 Å². The van der Waals surface area contributed by atoms with E-state index in [2.05, 4.69) is 15.3 Å². The van der Waals surface area contributed by atoms with E-state index in [1.807, 2.05) is 37.3 Å². The standard InChI is InChI=1S/C23H25N3O5/c1-5-16-13-21(26-23(25-16)15-9-7-6-8-10-15)31-14-20(27)24-17-11-18(28-2)22(30-4)19(12-17)29-3/h6-13H,5,14H2,1-4H3,(H,24,27). The zero-order valence-electron chi connectivity index (χ0n) is 18.0. The maximum absolute atomic E-state index is 12.5. The SMILES string of the molecule is CCc1cc(OCC(=O)Nc2cc(OC)c(OC)c(OC)c2)nc(-c2ccccc2)n1. The molecule has 0 aliphatic heterocycles. The monoisotopic (exact) mass is 423 g/mol. The Morgan fingerprint density at radius 3 is 2.19 bits per heavy atom. The first-order chi connectivity index (χ1) is 15.1. The van der Waals surface area contributed by atoms with Crippen molar-refractivity contribution in [3.63, 3.8) is 0 Å². The van der Waals surface area contributed by atoms with Gasteiger partial charge in [0.15, 0.2) is 23.9 Å². The number of amides is 1. The highest BCUT2D eigenvalue weighted by atomic mass is 16.5. The van der Waals surface area contributed by atoms with Gasteiger partial charge >= 0.3 is 0 Å². The van der Waals surface area contributed by atoms with Crippen molar-refractivity contribution in [1.29, 1.82) is 0 Å². The molecule has 0 aliphatic carbocycles. The van der Waals surface area contributed by atoms with Gasteiger partial charge in [0.05, 0.1) is 21.3 Å². The largest absolute Gasteiger partial charge is 0.493 e. The second kappa shape index (κ2) is 10.3. The Bertz CT molecular complexity index is 1020. The number of hydrogen-bond acceptors (Lipinski definition) is 7. The third-order valence-electron chi connectivity index (χ3n) is 4.45. The molecule has 3 rings (SSSR count). The fraction of sp³-hybridized carbons (Fsp3) is 0.261. The summed E-state index contributed by atoms with van der Waals surface area (Å²) < 4.78 is 21.6. The summed E-state index contributed by atoms with van der Waals surface area (Å²) in [5.41, 5.74) is 2.20. The molecule has 0 bridgehead atoms. The summed E-state index contributed by atoms with van der Waals surface area (Å²) >= 11 is 0. The van der Waals surface area contributed by atoms with Crippen LogP contribution in [0.2, 0.25) is 0 Å². The second-order valence-electron chi connectivity index (χ2n) is 6.49. The molecule has 0 radical (unpaired) electrons. The fourth-order valence-corrected chi connectivity index (χ4v) is 2.93. The minimum atomic E-state index is -0.354. The van der Waals surface area contributed by atoms with E-state index in [1.165, 1.54) is 21.3 Å². The molecule has 0 saturated carbocycles. The van der Waals surface area contributed by atoms with Crippen LogP contribution >= 0.6 is 0 Å². The van der Waals surface area contributed by atoms with Gasteiger partial charge in [-0.3, -0.25) is 4.79 Å². The molecule has 1 amide bonds. The minimum absolute atomic E-state index is 0.217. The summed E-state index contributed by atoms with van der Waals surface area (Å²) in [7, 11) is 4.54. The Labute approximate surface area is 181 Å². The molecular weight excluding hydrogens is 398 g/mol. The molecule has 0 spiro atoms. The minimum Gasteiger partial charge on any atom is -0.493 e. The quantitative estimate of drug-likeness (QED) is 0.560. The van der Waals surface area contributed by atoms with E-state index in [-0.39, 0.29) is 12.5 Å². The number of nitrogens with zero attached hydrogens (tertiary/aromatic N) is 2. The molecule has 0 unspecified atom stereocenters. The van der Waals surface area contributed by atoms with Crippen molar-refractivity contribution in [3.05, 3.63) is 54.2 Å². The highest BCUT2D eigenvalue weighted by Gasteiger charge is 2.15. The van der Waals surface area contributed by atoms with Crippen molar-refractivity contribution in [2.45, 2.75) is 13.3 Å². The molecule has 0 aliphatic rings. The average molecular weight is 423 g/mol.